The Kier molecular flexibility index (Phi) is 9.95. The van der Waals surface area contributed by atoms with Crippen LogP contribution in [0.5, 0.6) is 0 Å². The highest BCUT2D eigenvalue weighted by molar-refractivity contribution is 6.32. The van der Waals surface area contributed by atoms with Gasteiger partial charge in [-0.1, -0.05) is 92.6 Å². The number of aliphatic hydroxyl groups excluding tert-OH is 1. The summed E-state index contributed by atoms with van der Waals surface area (Å²) in [7, 11) is 0. The third-order valence-corrected chi connectivity index (χ3v) is 10.2. The quantitative estimate of drug-likeness (QED) is 0.126. The van der Waals surface area contributed by atoms with Gasteiger partial charge in [-0.15, -0.1) is 0 Å². The third kappa shape index (κ3) is 6.79. The van der Waals surface area contributed by atoms with Crippen molar-refractivity contribution in [3.8, 4) is 0 Å². The molecule has 0 unspecified atom stereocenters. The van der Waals surface area contributed by atoms with Crippen LogP contribution in [-0.4, -0.2) is 29.3 Å². The van der Waals surface area contributed by atoms with Gasteiger partial charge in [0.1, 0.15) is 6.61 Å². The Morgan fingerprint density at radius 2 is 1.72 bits per heavy atom. The van der Waals surface area contributed by atoms with Gasteiger partial charge in [0.25, 0.3) is 0 Å². The lowest BCUT2D eigenvalue weighted by Crippen LogP contribution is -2.36. The van der Waals surface area contributed by atoms with E-state index >= 15 is 0 Å². The fourth-order valence-electron chi connectivity index (χ4n) is 7.33. The van der Waals surface area contributed by atoms with Crippen molar-refractivity contribution >= 4 is 51.0 Å². The summed E-state index contributed by atoms with van der Waals surface area (Å²) >= 11 is 7.14. The molecule has 2 N–H and O–H groups in total. The maximum Gasteiger partial charge on any atom is 0.303 e. The first kappa shape index (κ1) is 32.7. The Balaban J connectivity index is 1.33. The maximum absolute atomic E-state index is 11.1. The third-order valence-electron chi connectivity index (χ3n) is 9.69. The number of carboxylic acid groups (broad SMARTS) is 1. The number of anilines is 1. The van der Waals surface area contributed by atoms with E-state index in [-0.39, 0.29) is 18.4 Å². The number of aromatic nitrogens is 1. The average Bonchev–Trinajstić information content (AvgIpc) is 3.29. The van der Waals surface area contributed by atoms with E-state index in [1.165, 1.54) is 27.7 Å². The van der Waals surface area contributed by atoms with Gasteiger partial charge >= 0.3 is 5.97 Å². The van der Waals surface area contributed by atoms with Gasteiger partial charge in [-0.2, -0.15) is 4.57 Å². The fraction of sp³-hybridized carbons (Fsp3) is 0.317. The minimum absolute atomic E-state index is 0.0992. The van der Waals surface area contributed by atoms with E-state index < -0.39 is 5.97 Å². The van der Waals surface area contributed by atoms with Crippen LogP contribution < -0.4 is 9.47 Å². The monoisotopic (exact) mass is 647 g/mol. The molecule has 2 aliphatic rings. The van der Waals surface area contributed by atoms with Crippen LogP contribution in [0.3, 0.4) is 0 Å². The molecule has 0 radical (unpaired) electrons. The molecule has 2 heterocycles. The number of carbonyl (C=O) groups is 1. The minimum Gasteiger partial charge on any atom is -0.481 e. The minimum atomic E-state index is -0.730. The van der Waals surface area contributed by atoms with Gasteiger partial charge < -0.3 is 15.1 Å². The Morgan fingerprint density at radius 3 is 2.53 bits per heavy atom. The normalized spacial score (nSPS) is 17.9. The first-order valence-electron chi connectivity index (χ1n) is 16.8. The second kappa shape index (κ2) is 14.3. The van der Waals surface area contributed by atoms with Crippen molar-refractivity contribution in [3.05, 3.63) is 124 Å². The molecule has 4 aromatic rings. The van der Waals surface area contributed by atoms with Crippen molar-refractivity contribution in [1.29, 1.82) is 0 Å². The van der Waals surface area contributed by atoms with Crippen LogP contribution in [0, 0.1) is 0 Å². The van der Waals surface area contributed by atoms with E-state index in [1.807, 2.05) is 12.3 Å². The largest absolute Gasteiger partial charge is 0.481 e. The highest BCUT2D eigenvalue weighted by Crippen LogP contribution is 2.51. The van der Waals surface area contributed by atoms with E-state index in [0.717, 1.165) is 71.3 Å². The number of fused-ring (bicyclic) bond motifs is 4. The number of rotatable bonds is 11. The molecule has 0 saturated heterocycles. The standard InChI is InChI=1S/C41H43ClN2O3/c1-41(2)37(44(25-9-3-4-17-38(46)47)36-22-20-29-11-5-6-15-34(29)39(36)41)23-21-32-13-10-12-31(40(32)42)19-18-30-24-26-43(27-28-45)35-16-8-7-14-33(30)35/h5-8,11,14-16,18-24,26,45H,3-4,9-10,12-13,17,25,27-28H2,1-2H3/p+1. The van der Waals surface area contributed by atoms with Gasteiger partial charge in [0.2, 0.25) is 5.52 Å². The van der Waals surface area contributed by atoms with Gasteiger partial charge in [-0.25, -0.2) is 0 Å². The van der Waals surface area contributed by atoms with E-state index in [9.17, 15) is 9.90 Å². The van der Waals surface area contributed by atoms with Crippen molar-refractivity contribution < 1.29 is 19.6 Å². The molecule has 0 saturated carbocycles. The number of halogens is 1. The van der Waals surface area contributed by atoms with E-state index in [0.29, 0.717) is 13.0 Å². The molecule has 1 aromatic heterocycles. The summed E-state index contributed by atoms with van der Waals surface area (Å²) in [6, 6.07) is 23.5. The molecule has 1 aliphatic heterocycles. The summed E-state index contributed by atoms with van der Waals surface area (Å²) in [5.74, 6) is -0.730. The molecule has 0 fully saturated rings. The number of unbranched alkanes of at least 4 members (excludes halogenated alkanes) is 2. The van der Waals surface area contributed by atoms with Crippen LogP contribution in [0.25, 0.3) is 27.8 Å². The number of hydrogen-bond acceptors (Lipinski definition) is 3. The van der Waals surface area contributed by atoms with Crippen molar-refractivity contribution in [2.75, 3.05) is 18.1 Å². The molecule has 1 aliphatic carbocycles. The predicted octanol–water partition coefficient (Wildman–Crippen LogP) is 9.22. The zero-order valence-electron chi connectivity index (χ0n) is 27.4. The average molecular weight is 648 g/mol. The van der Waals surface area contributed by atoms with Crippen LogP contribution in [0.15, 0.2) is 113 Å². The molecule has 0 atom stereocenters. The van der Waals surface area contributed by atoms with Gasteiger partial charge in [0.05, 0.1) is 5.39 Å². The summed E-state index contributed by atoms with van der Waals surface area (Å²) in [6.07, 6.45) is 16.5. The summed E-state index contributed by atoms with van der Waals surface area (Å²) < 4.78 is 2.08. The predicted molar refractivity (Wildman–Crippen MR) is 194 cm³/mol. The van der Waals surface area contributed by atoms with E-state index in [1.54, 1.807) is 0 Å². The topological polar surface area (TPSA) is 64.7 Å². The molecule has 6 heteroatoms. The first-order chi connectivity index (χ1) is 22.8. The Hall–Kier alpha value is -4.19. The summed E-state index contributed by atoms with van der Waals surface area (Å²) in [6.45, 7) is 6.12. The second-order valence-corrected chi connectivity index (χ2v) is 13.5. The molecule has 47 heavy (non-hydrogen) atoms. The maximum atomic E-state index is 11.1. The zero-order chi connectivity index (χ0) is 33.0. The molecule has 6 rings (SSSR count). The summed E-state index contributed by atoms with van der Waals surface area (Å²) in [4.78, 5) is 13.5. The van der Waals surface area contributed by atoms with E-state index in [2.05, 4.69) is 108 Å². The molecule has 3 aromatic carbocycles. The van der Waals surface area contributed by atoms with Crippen LogP contribution in [0.2, 0.25) is 0 Å². The molecular formula is C41H44ClN2O3+. The number of para-hydroxylation sites is 1. The van der Waals surface area contributed by atoms with Crippen LogP contribution in [0.1, 0.15) is 69.9 Å². The number of hydrogen-bond donors (Lipinski definition) is 2. The molecular weight excluding hydrogens is 604 g/mol. The van der Waals surface area contributed by atoms with Crippen LogP contribution in [0.4, 0.5) is 5.69 Å². The first-order valence-corrected chi connectivity index (χ1v) is 17.2. The highest BCUT2D eigenvalue weighted by Gasteiger charge is 2.40. The van der Waals surface area contributed by atoms with Crippen LogP contribution >= 0.6 is 11.6 Å². The van der Waals surface area contributed by atoms with Crippen molar-refractivity contribution in [2.45, 2.75) is 70.8 Å². The molecule has 0 spiro atoms. The van der Waals surface area contributed by atoms with Crippen molar-refractivity contribution in [1.82, 2.24) is 0 Å². The smallest absolute Gasteiger partial charge is 0.303 e. The van der Waals surface area contributed by atoms with E-state index in [4.69, 9.17) is 16.7 Å². The highest BCUT2D eigenvalue weighted by atomic mass is 35.5. The molecule has 0 amide bonds. The Morgan fingerprint density at radius 1 is 0.936 bits per heavy atom. The van der Waals surface area contributed by atoms with Gasteiger partial charge in [-0.05, 0) is 83.4 Å². The fourth-order valence-corrected chi connectivity index (χ4v) is 7.65. The number of aliphatic hydroxyl groups is 1. The molecule has 242 valence electrons. The SMILES string of the molecule is CC1(C)/C(=C/C=C2\CCCC(/C=C/c3cc[n+](CCO)c4ccccc34)=C2Cl)N(CCCCCC(=O)O)c2ccc3ccccc3c21. The molecule has 5 nitrogen and oxygen atoms in total. The van der Waals surface area contributed by atoms with Gasteiger partial charge in [0, 0.05) is 46.9 Å². The molecule has 0 bridgehead atoms. The second-order valence-electron chi connectivity index (χ2n) is 13.1. The number of nitrogens with zero attached hydrogens (tertiary/aromatic N) is 2. The lowest BCUT2D eigenvalue weighted by molar-refractivity contribution is -0.672. The Bertz CT molecular complexity index is 1930. The Labute approximate surface area is 282 Å². The van der Waals surface area contributed by atoms with Gasteiger partial charge in [-0.3, -0.25) is 4.79 Å². The van der Waals surface area contributed by atoms with Crippen molar-refractivity contribution in [3.63, 3.8) is 0 Å². The van der Waals surface area contributed by atoms with Gasteiger partial charge in [0.15, 0.2) is 12.7 Å². The number of benzene rings is 3. The number of pyridine rings is 1. The lowest BCUT2D eigenvalue weighted by atomic mass is 9.81. The number of allylic oxidation sites excluding steroid dienone is 7. The number of aliphatic carboxylic acids is 1. The summed E-state index contributed by atoms with van der Waals surface area (Å²) in [5, 5.41) is 23.1. The van der Waals surface area contributed by atoms with Crippen molar-refractivity contribution in [2.24, 2.45) is 0 Å². The zero-order valence-corrected chi connectivity index (χ0v) is 28.1. The lowest BCUT2D eigenvalue weighted by Gasteiger charge is -2.27. The number of carboxylic acids is 1. The van der Waals surface area contributed by atoms with Crippen LogP contribution in [-0.2, 0) is 16.8 Å². The summed E-state index contributed by atoms with van der Waals surface area (Å²) in [5.41, 5.74) is 8.13.